The Morgan fingerprint density at radius 2 is 2.13 bits per heavy atom. The Bertz CT molecular complexity index is 1050. The molecule has 1 amide bonds. The van der Waals surface area contributed by atoms with Gasteiger partial charge in [-0.3, -0.25) is 4.79 Å². The number of thioether (sulfide) groups is 1. The SMILES string of the molecule is COc1ccc(OC)c(NC(=O)CSc2nnc(N/N=C/c3ccc(C)o3)n2N)c1. The second-order valence-corrected chi connectivity index (χ2v) is 6.84. The predicted molar refractivity (Wildman–Crippen MR) is 114 cm³/mol. The number of nitrogens with two attached hydrogens (primary N) is 1. The smallest absolute Gasteiger partial charge is 0.264 e. The van der Waals surface area contributed by atoms with Gasteiger partial charge in [-0.1, -0.05) is 11.8 Å². The molecule has 0 aliphatic heterocycles. The Hall–Kier alpha value is -3.67. The van der Waals surface area contributed by atoms with Crippen LogP contribution in [-0.2, 0) is 4.79 Å². The van der Waals surface area contributed by atoms with Crippen molar-refractivity contribution in [3.63, 3.8) is 0 Å². The van der Waals surface area contributed by atoms with Gasteiger partial charge in [-0.05, 0) is 31.2 Å². The van der Waals surface area contributed by atoms with Gasteiger partial charge in [0.05, 0.1) is 31.9 Å². The zero-order valence-electron chi connectivity index (χ0n) is 16.6. The lowest BCUT2D eigenvalue weighted by Gasteiger charge is -2.11. The average Bonchev–Trinajstić information content (AvgIpc) is 3.32. The van der Waals surface area contributed by atoms with Gasteiger partial charge < -0.3 is 25.1 Å². The predicted octanol–water partition coefficient (Wildman–Crippen LogP) is 2.09. The molecule has 4 N–H and O–H groups in total. The van der Waals surface area contributed by atoms with Crippen LogP contribution in [0.25, 0.3) is 0 Å². The summed E-state index contributed by atoms with van der Waals surface area (Å²) in [4.78, 5) is 12.3. The first-order valence-electron chi connectivity index (χ1n) is 8.71. The van der Waals surface area contributed by atoms with Gasteiger partial charge in [-0.2, -0.15) is 5.10 Å². The molecule has 0 saturated carbocycles. The van der Waals surface area contributed by atoms with Gasteiger partial charge >= 0.3 is 0 Å². The van der Waals surface area contributed by atoms with Crippen LogP contribution >= 0.6 is 11.8 Å². The van der Waals surface area contributed by atoms with Crippen LogP contribution in [0.1, 0.15) is 11.5 Å². The third kappa shape index (κ3) is 5.23. The zero-order chi connectivity index (χ0) is 21.5. The van der Waals surface area contributed by atoms with Crippen LogP contribution in [0.5, 0.6) is 11.5 Å². The van der Waals surface area contributed by atoms with Gasteiger partial charge in [0.1, 0.15) is 23.0 Å². The molecule has 2 heterocycles. The van der Waals surface area contributed by atoms with E-state index in [-0.39, 0.29) is 17.6 Å². The highest BCUT2D eigenvalue weighted by atomic mass is 32.2. The fraction of sp³-hybridized carbons (Fsp3) is 0.222. The minimum Gasteiger partial charge on any atom is -0.497 e. The lowest BCUT2D eigenvalue weighted by molar-refractivity contribution is -0.113. The second kappa shape index (κ2) is 9.69. The Labute approximate surface area is 176 Å². The number of hydrazone groups is 1. The molecule has 0 unspecified atom stereocenters. The number of hydrogen-bond donors (Lipinski definition) is 3. The second-order valence-electron chi connectivity index (χ2n) is 5.90. The van der Waals surface area contributed by atoms with Gasteiger partial charge in [0, 0.05) is 6.07 Å². The van der Waals surface area contributed by atoms with Crippen LogP contribution in [0, 0.1) is 6.92 Å². The quantitative estimate of drug-likeness (QED) is 0.201. The summed E-state index contributed by atoms with van der Waals surface area (Å²) in [6.45, 7) is 1.84. The summed E-state index contributed by atoms with van der Waals surface area (Å²) in [5.74, 6) is 8.44. The molecule has 30 heavy (non-hydrogen) atoms. The van der Waals surface area contributed by atoms with Crippen molar-refractivity contribution in [2.45, 2.75) is 12.1 Å². The molecule has 0 fully saturated rings. The largest absolute Gasteiger partial charge is 0.497 e. The van der Waals surface area contributed by atoms with E-state index in [0.29, 0.717) is 28.1 Å². The van der Waals surface area contributed by atoms with E-state index in [1.165, 1.54) is 18.0 Å². The summed E-state index contributed by atoms with van der Waals surface area (Å²) in [6, 6.07) is 8.73. The third-order valence-electron chi connectivity index (χ3n) is 3.80. The molecule has 0 spiro atoms. The van der Waals surface area contributed by atoms with Crippen molar-refractivity contribution in [2.24, 2.45) is 5.10 Å². The number of methoxy groups -OCH3 is 2. The van der Waals surface area contributed by atoms with Gasteiger partial charge in [-0.15, -0.1) is 10.2 Å². The van der Waals surface area contributed by atoms with E-state index in [4.69, 9.17) is 19.7 Å². The summed E-state index contributed by atoms with van der Waals surface area (Å²) in [6.07, 6.45) is 1.49. The van der Waals surface area contributed by atoms with Gasteiger partial charge in [-0.25, -0.2) is 10.1 Å². The fourth-order valence-corrected chi connectivity index (χ4v) is 3.01. The molecular weight excluding hydrogens is 410 g/mol. The average molecular weight is 431 g/mol. The van der Waals surface area contributed by atoms with Crippen molar-refractivity contribution in [3.05, 3.63) is 41.9 Å². The van der Waals surface area contributed by atoms with Crippen molar-refractivity contribution < 1.29 is 18.7 Å². The first-order chi connectivity index (χ1) is 14.5. The maximum atomic E-state index is 12.3. The van der Waals surface area contributed by atoms with E-state index in [1.54, 1.807) is 31.4 Å². The molecule has 0 bridgehead atoms. The molecule has 0 aliphatic rings. The highest BCUT2D eigenvalue weighted by Crippen LogP contribution is 2.29. The minimum atomic E-state index is -0.268. The van der Waals surface area contributed by atoms with E-state index in [2.05, 4.69) is 26.0 Å². The van der Waals surface area contributed by atoms with Crippen LogP contribution in [0.3, 0.4) is 0 Å². The summed E-state index contributed by atoms with van der Waals surface area (Å²) < 4.78 is 17.0. The van der Waals surface area contributed by atoms with Crippen LogP contribution in [0.4, 0.5) is 11.6 Å². The molecule has 0 radical (unpaired) electrons. The standard InChI is InChI=1S/C18H21N7O4S/c1-11-4-5-13(29-11)9-20-22-17-23-24-18(25(17)19)30-10-16(26)21-14-8-12(27-2)6-7-15(14)28-3/h4-9H,10,19H2,1-3H3,(H,21,26)(H,22,23)/b20-9+. The summed E-state index contributed by atoms with van der Waals surface area (Å²) in [7, 11) is 3.07. The number of anilines is 2. The van der Waals surface area contributed by atoms with Crippen LogP contribution in [0.2, 0.25) is 0 Å². The Morgan fingerprint density at radius 3 is 2.83 bits per heavy atom. The molecule has 2 aromatic heterocycles. The molecule has 3 rings (SSSR count). The van der Waals surface area contributed by atoms with E-state index < -0.39 is 0 Å². The number of nitrogens with zero attached hydrogens (tertiary/aromatic N) is 4. The summed E-state index contributed by atoms with van der Waals surface area (Å²) in [5.41, 5.74) is 3.18. The molecule has 158 valence electrons. The van der Waals surface area contributed by atoms with Gasteiger partial charge in [0.15, 0.2) is 0 Å². The number of aromatic nitrogens is 3. The topological polar surface area (TPSA) is 142 Å². The first kappa shape index (κ1) is 21.0. The van der Waals surface area contributed by atoms with Gasteiger partial charge in [0.25, 0.3) is 5.95 Å². The van der Waals surface area contributed by atoms with Crippen molar-refractivity contribution in [3.8, 4) is 11.5 Å². The van der Waals surface area contributed by atoms with E-state index in [0.717, 1.165) is 17.5 Å². The number of carbonyl (C=O) groups is 1. The number of nitrogens with one attached hydrogen (secondary N) is 2. The number of rotatable bonds is 9. The molecule has 0 atom stereocenters. The molecular formula is C18H21N7O4S. The van der Waals surface area contributed by atoms with Crippen LogP contribution in [0.15, 0.2) is 45.0 Å². The maximum Gasteiger partial charge on any atom is 0.264 e. The lowest BCUT2D eigenvalue weighted by Crippen LogP contribution is -2.17. The van der Waals surface area contributed by atoms with Crippen molar-refractivity contribution in [1.82, 2.24) is 14.9 Å². The monoisotopic (exact) mass is 431 g/mol. The molecule has 0 saturated heterocycles. The summed E-state index contributed by atoms with van der Waals surface area (Å²) >= 11 is 1.12. The Morgan fingerprint density at radius 1 is 1.30 bits per heavy atom. The van der Waals surface area contributed by atoms with E-state index >= 15 is 0 Å². The number of benzene rings is 1. The lowest BCUT2D eigenvalue weighted by atomic mass is 10.2. The number of hydrogen-bond acceptors (Lipinski definition) is 10. The van der Waals surface area contributed by atoms with Gasteiger partial charge in [0.2, 0.25) is 11.1 Å². The number of aryl methyl sites for hydroxylation is 1. The zero-order valence-corrected chi connectivity index (χ0v) is 17.4. The Balaban J connectivity index is 1.56. The van der Waals surface area contributed by atoms with Crippen LogP contribution in [-0.4, -0.2) is 47.0 Å². The highest BCUT2D eigenvalue weighted by Gasteiger charge is 2.14. The third-order valence-corrected chi connectivity index (χ3v) is 4.74. The number of furan rings is 1. The number of carbonyl (C=O) groups excluding carboxylic acids is 1. The fourth-order valence-electron chi connectivity index (χ4n) is 2.36. The maximum absolute atomic E-state index is 12.3. The number of ether oxygens (including phenoxy) is 2. The van der Waals surface area contributed by atoms with Crippen molar-refractivity contribution in [1.29, 1.82) is 0 Å². The molecule has 11 nitrogen and oxygen atoms in total. The Kier molecular flexibility index (Phi) is 6.80. The van der Waals surface area contributed by atoms with Crippen molar-refractivity contribution in [2.75, 3.05) is 36.6 Å². The number of amides is 1. The van der Waals surface area contributed by atoms with E-state index in [1.807, 2.05) is 13.0 Å². The molecule has 12 heteroatoms. The molecule has 1 aromatic carbocycles. The molecule has 3 aromatic rings. The van der Waals surface area contributed by atoms with E-state index in [9.17, 15) is 4.79 Å². The van der Waals surface area contributed by atoms with Crippen LogP contribution < -0.4 is 26.1 Å². The van der Waals surface area contributed by atoms with Crippen molar-refractivity contribution >= 4 is 35.5 Å². The summed E-state index contributed by atoms with van der Waals surface area (Å²) in [5, 5.41) is 15.0. The first-order valence-corrected chi connectivity index (χ1v) is 9.69. The molecule has 0 aliphatic carbocycles. The normalized spacial score (nSPS) is 10.9. The minimum absolute atomic E-state index is 0.0602. The number of nitrogen functional groups attached to an aromatic ring is 1. The highest BCUT2D eigenvalue weighted by molar-refractivity contribution is 7.99.